The van der Waals surface area contributed by atoms with Crippen LogP contribution in [0.1, 0.15) is 46.5 Å². The number of methoxy groups -OCH3 is 1. The molecule has 1 aliphatic carbocycles. The Morgan fingerprint density at radius 2 is 2.13 bits per heavy atom. The predicted molar refractivity (Wildman–Crippen MR) is 59.6 cm³/mol. The first-order valence-electron chi connectivity index (χ1n) is 5.92. The summed E-state index contributed by atoms with van der Waals surface area (Å²) in [7, 11) is 1.75. The van der Waals surface area contributed by atoms with E-state index >= 15 is 0 Å². The SMILES string of the molecule is CCC(O)OC1(C(C)C)CCC(OC)C1. The molecule has 3 unspecified atom stereocenters. The number of rotatable bonds is 5. The lowest BCUT2D eigenvalue weighted by Crippen LogP contribution is -2.39. The van der Waals surface area contributed by atoms with Crippen LogP contribution in [0, 0.1) is 5.92 Å². The third kappa shape index (κ3) is 2.92. The van der Waals surface area contributed by atoms with E-state index in [1.54, 1.807) is 7.11 Å². The molecular formula is C12H24O3. The van der Waals surface area contributed by atoms with E-state index in [0.717, 1.165) is 19.3 Å². The molecule has 0 heterocycles. The highest BCUT2D eigenvalue weighted by Crippen LogP contribution is 2.41. The van der Waals surface area contributed by atoms with Crippen LogP contribution in [-0.4, -0.2) is 30.2 Å². The second-order valence-electron chi connectivity index (χ2n) is 4.80. The number of hydrogen-bond donors (Lipinski definition) is 1. The van der Waals surface area contributed by atoms with Crippen LogP contribution >= 0.6 is 0 Å². The summed E-state index contributed by atoms with van der Waals surface area (Å²) in [4.78, 5) is 0. The van der Waals surface area contributed by atoms with E-state index < -0.39 is 6.29 Å². The van der Waals surface area contributed by atoms with E-state index in [1.165, 1.54) is 0 Å². The molecule has 0 amide bonds. The monoisotopic (exact) mass is 216 g/mol. The summed E-state index contributed by atoms with van der Waals surface area (Å²) in [5, 5.41) is 9.63. The minimum Gasteiger partial charge on any atom is -0.381 e. The minimum atomic E-state index is -0.636. The van der Waals surface area contributed by atoms with Gasteiger partial charge in [-0.3, -0.25) is 0 Å². The standard InChI is InChI=1S/C12H24O3/c1-5-11(13)15-12(9(2)3)7-6-10(8-12)14-4/h9-11,13H,5-8H2,1-4H3. The molecule has 3 heteroatoms. The molecule has 3 atom stereocenters. The van der Waals surface area contributed by atoms with Crippen molar-refractivity contribution in [1.82, 2.24) is 0 Å². The molecule has 0 aliphatic heterocycles. The lowest BCUT2D eigenvalue weighted by molar-refractivity contribution is -0.203. The van der Waals surface area contributed by atoms with Crippen LogP contribution in [0.3, 0.4) is 0 Å². The maximum atomic E-state index is 9.63. The summed E-state index contributed by atoms with van der Waals surface area (Å²) in [6.45, 7) is 6.24. The summed E-state index contributed by atoms with van der Waals surface area (Å²) < 4.78 is 11.2. The van der Waals surface area contributed by atoms with Gasteiger partial charge in [0.1, 0.15) is 0 Å². The van der Waals surface area contributed by atoms with Crippen molar-refractivity contribution < 1.29 is 14.6 Å². The fourth-order valence-corrected chi connectivity index (χ4v) is 2.32. The molecule has 0 spiro atoms. The van der Waals surface area contributed by atoms with Crippen LogP contribution in [0.5, 0.6) is 0 Å². The van der Waals surface area contributed by atoms with Crippen LogP contribution < -0.4 is 0 Å². The zero-order chi connectivity index (χ0) is 11.5. The van der Waals surface area contributed by atoms with Crippen molar-refractivity contribution in [1.29, 1.82) is 0 Å². The molecule has 1 N–H and O–H groups in total. The van der Waals surface area contributed by atoms with Crippen molar-refractivity contribution in [2.45, 2.75) is 64.4 Å². The second-order valence-corrected chi connectivity index (χ2v) is 4.80. The van der Waals surface area contributed by atoms with Gasteiger partial charge in [-0.15, -0.1) is 0 Å². The first-order valence-corrected chi connectivity index (χ1v) is 5.92. The Kier molecular flexibility index (Phi) is 4.56. The van der Waals surface area contributed by atoms with E-state index in [4.69, 9.17) is 9.47 Å². The maximum Gasteiger partial charge on any atom is 0.155 e. The molecule has 0 aromatic rings. The molecule has 1 rings (SSSR count). The first kappa shape index (κ1) is 12.9. The highest BCUT2D eigenvalue weighted by molar-refractivity contribution is 4.94. The second kappa shape index (κ2) is 5.28. The van der Waals surface area contributed by atoms with Crippen LogP contribution in [0.4, 0.5) is 0 Å². The fourth-order valence-electron chi connectivity index (χ4n) is 2.32. The molecule has 1 saturated carbocycles. The van der Waals surface area contributed by atoms with Gasteiger partial charge in [0.25, 0.3) is 0 Å². The normalized spacial score (nSPS) is 33.6. The molecule has 0 saturated heterocycles. The summed E-state index contributed by atoms with van der Waals surface area (Å²) in [5.41, 5.74) is -0.184. The smallest absolute Gasteiger partial charge is 0.155 e. The van der Waals surface area contributed by atoms with E-state index in [-0.39, 0.29) is 11.7 Å². The van der Waals surface area contributed by atoms with Gasteiger partial charge in [0.05, 0.1) is 11.7 Å². The zero-order valence-corrected chi connectivity index (χ0v) is 10.3. The van der Waals surface area contributed by atoms with Crippen molar-refractivity contribution in [2.75, 3.05) is 7.11 Å². The number of aliphatic hydroxyl groups is 1. The van der Waals surface area contributed by atoms with Crippen LogP contribution in [0.15, 0.2) is 0 Å². The highest BCUT2D eigenvalue weighted by atomic mass is 16.6. The number of ether oxygens (including phenoxy) is 2. The maximum absolute atomic E-state index is 9.63. The van der Waals surface area contributed by atoms with Crippen molar-refractivity contribution in [3.8, 4) is 0 Å². The van der Waals surface area contributed by atoms with E-state index in [0.29, 0.717) is 12.3 Å². The first-order chi connectivity index (χ1) is 7.04. The summed E-state index contributed by atoms with van der Waals surface area (Å²) in [6, 6.07) is 0. The van der Waals surface area contributed by atoms with Gasteiger partial charge in [-0.2, -0.15) is 0 Å². The van der Waals surface area contributed by atoms with Gasteiger partial charge in [0, 0.05) is 13.5 Å². The highest BCUT2D eigenvalue weighted by Gasteiger charge is 2.44. The third-order valence-electron chi connectivity index (χ3n) is 3.57. The summed E-state index contributed by atoms with van der Waals surface area (Å²) in [6.07, 6.45) is 3.22. The Labute approximate surface area is 92.8 Å². The molecule has 15 heavy (non-hydrogen) atoms. The van der Waals surface area contributed by atoms with Crippen molar-refractivity contribution >= 4 is 0 Å². The van der Waals surface area contributed by atoms with Crippen molar-refractivity contribution in [3.63, 3.8) is 0 Å². The van der Waals surface area contributed by atoms with Gasteiger partial charge >= 0.3 is 0 Å². The van der Waals surface area contributed by atoms with Crippen LogP contribution in [0.25, 0.3) is 0 Å². The predicted octanol–water partition coefficient (Wildman–Crippen LogP) is 2.33. The molecule has 0 bridgehead atoms. The van der Waals surface area contributed by atoms with E-state index in [9.17, 15) is 5.11 Å². The van der Waals surface area contributed by atoms with Crippen molar-refractivity contribution in [3.05, 3.63) is 0 Å². The zero-order valence-electron chi connectivity index (χ0n) is 10.3. The van der Waals surface area contributed by atoms with E-state index in [1.807, 2.05) is 6.92 Å². The Bertz CT molecular complexity index is 193. The molecule has 0 aromatic carbocycles. The lowest BCUT2D eigenvalue weighted by atomic mass is 9.88. The van der Waals surface area contributed by atoms with E-state index in [2.05, 4.69) is 13.8 Å². The van der Waals surface area contributed by atoms with Crippen molar-refractivity contribution in [2.24, 2.45) is 5.92 Å². The quantitative estimate of drug-likeness (QED) is 0.717. The van der Waals surface area contributed by atoms with Gasteiger partial charge in [-0.25, -0.2) is 0 Å². The topological polar surface area (TPSA) is 38.7 Å². The van der Waals surface area contributed by atoms with Gasteiger partial charge in [0.15, 0.2) is 6.29 Å². The van der Waals surface area contributed by atoms with Gasteiger partial charge < -0.3 is 14.6 Å². The molecular weight excluding hydrogens is 192 g/mol. The summed E-state index contributed by atoms with van der Waals surface area (Å²) in [5.74, 6) is 0.416. The minimum absolute atomic E-state index is 0.184. The molecule has 1 fully saturated rings. The van der Waals surface area contributed by atoms with Gasteiger partial charge in [-0.1, -0.05) is 20.8 Å². The van der Waals surface area contributed by atoms with Crippen LogP contribution in [-0.2, 0) is 9.47 Å². The largest absolute Gasteiger partial charge is 0.381 e. The Balaban J connectivity index is 2.64. The molecule has 0 radical (unpaired) electrons. The lowest BCUT2D eigenvalue weighted by Gasteiger charge is -2.35. The number of hydrogen-bond acceptors (Lipinski definition) is 3. The summed E-state index contributed by atoms with van der Waals surface area (Å²) >= 11 is 0. The molecule has 1 aliphatic rings. The fraction of sp³-hybridized carbons (Fsp3) is 1.00. The molecule has 90 valence electrons. The molecule has 3 nitrogen and oxygen atoms in total. The van der Waals surface area contributed by atoms with Gasteiger partial charge in [0.2, 0.25) is 0 Å². The number of aliphatic hydroxyl groups excluding tert-OH is 1. The average molecular weight is 216 g/mol. The Morgan fingerprint density at radius 3 is 2.53 bits per heavy atom. The third-order valence-corrected chi connectivity index (χ3v) is 3.57. The average Bonchev–Trinajstić information content (AvgIpc) is 2.62. The Hall–Kier alpha value is -0.120. The van der Waals surface area contributed by atoms with Crippen LogP contribution in [0.2, 0.25) is 0 Å². The molecule has 0 aromatic heterocycles. The van der Waals surface area contributed by atoms with Gasteiger partial charge in [-0.05, 0) is 25.2 Å². The Morgan fingerprint density at radius 1 is 1.47 bits per heavy atom.